The van der Waals surface area contributed by atoms with Gasteiger partial charge in [-0.2, -0.15) is 0 Å². The lowest BCUT2D eigenvalue weighted by atomic mass is 9.94. The van der Waals surface area contributed by atoms with Gasteiger partial charge in [0.2, 0.25) is 0 Å². The number of nitrogens with zero attached hydrogens (tertiary/aromatic N) is 4. The first kappa shape index (κ1) is 29.9. The fourth-order valence-corrected chi connectivity index (χ4v) is 5.27. The van der Waals surface area contributed by atoms with Crippen LogP contribution in [0.3, 0.4) is 0 Å². The van der Waals surface area contributed by atoms with Crippen LogP contribution < -0.4 is 10.2 Å². The summed E-state index contributed by atoms with van der Waals surface area (Å²) in [4.78, 5) is 27.1. The van der Waals surface area contributed by atoms with Gasteiger partial charge in [0.1, 0.15) is 5.69 Å². The largest absolute Gasteiger partial charge is 0.377 e. The molecule has 0 aliphatic carbocycles. The van der Waals surface area contributed by atoms with Crippen molar-refractivity contribution in [2.24, 2.45) is 0 Å². The molecule has 230 valence electrons. The highest BCUT2D eigenvalue weighted by Crippen LogP contribution is 2.31. The Balaban J connectivity index is 1.15. The van der Waals surface area contributed by atoms with E-state index in [-0.39, 0.29) is 0 Å². The first-order valence-electron chi connectivity index (χ1n) is 14.8. The number of carbonyl (C=O) groups is 2. The van der Waals surface area contributed by atoms with Crippen LogP contribution in [0.2, 0.25) is 0 Å². The molecule has 0 spiro atoms. The molecule has 44 heavy (non-hydrogen) atoms. The smallest absolute Gasteiger partial charge is 0.258 e. The zero-order valence-electron chi connectivity index (χ0n) is 24.4. The Morgan fingerprint density at radius 1 is 0.636 bits per heavy atom. The number of aromatic nitrogens is 3. The van der Waals surface area contributed by atoms with Crippen LogP contribution >= 0.6 is 0 Å². The van der Waals surface area contributed by atoms with Crippen LogP contribution in [-0.2, 0) is 23.7 Å². The van der Waals surface area contributed by atoms with Crippen molar-refractivity contribution in [1.82, 2.24) is 20.3 Å². The summed E-state index contributed by atoms with van der Waals surface area (Å²) in [7, 11) is 0. The summed E-state index contributed by atoms with van der Waals surface area (Å²) in [6, 6.07) is 17.1. The molecule has 1 N–H and O–H groups in total. The SMILES string of the molecule is O=C1NC(=O)c2ccc(-n3cc(-c4ccc(N5CCOCCOCCOCCOCCOCC5)cc4)nn3)c3cccc1c23. The first-order valence-corrected chi connectivity index (χ1v) is 14.8. The average Bonchev–Trinajstić information content (AvgIpc) is 3.54. The third kappa shape index (κ3) is 6.95. The van der Waals surface area contributed by atoms with E-state index in [1.165, 1.54) is 0 Å². The topological polar surface area (TPSA) is 126 Å². The van der Waals surface area contributed by atoms with Crippen molar-refractivity contribution < 1.29 is 33.3 Å². The molecule has 0 saturated carbocycles. The standard InChI is InChI=1S/C32H35N5O7/c38-31-26-3-1-2-25-29(9-8-27(30(25)26)32(39)33-31)37-22-28(34-35-37)23-4-6-24(7-5-23)36-10-12-40-14-16-42-18-20-44-21-19-43-17-15-41-13-11-36/h1-9,22H,10-21H2,(H,33,38,39). The van der Waals surface area contributed by atoms with Gasteiger partial charge in [0.05, 0.1) is 78.0 Å². The summed E-state index contributed by atoms with van der Waals surface area (Å²) in [5, 5.41) is 12.6. The number of imide groups is 1. The van der Waals surface area contributed by atoms with E-state index in [0.717, 1.165) is 22.3 Å². The average molecular weight is 602 g/mol. The zero-order valence-corrected chi connectivity index (χ0v) is 24.4. The molecule has 4 aromatic rings. The summed E-state index contributed by atoms with van der Waals surface area (Å²) < 4.78 is 29.9. The Morgan fingerprint density at radius 3 is 1.82 bits per heavy atom. The molecule has 0 unspecified atom stereocenters. The van der Waals surface area contributed by atoms with Gasteiger partial charge in [-0.15, -0.1) is 5.10 Å². The van der Waals surface area contributed by atoms with Gasteiger partial charge in [0, 0.05) is 46.2 Å². The van der Waals surface area contributed by atoms with E-state index in [9.17, 15) is 9.59 Å². The monoisotopic (exact) mass is 601 g/mol. The van der Waals surface area contributed by atoms with Crippen molar-refractivity contribution in [3.05, 3.63) is 71.9 Å². The molecule has 2 amide bonds. The summed E-state index contributed by atoms with van der Waals surface area (Å²) in [6.45, 7) is 6.72. The van der Waals surface area contributed by atoms with Crippen LogP contribution in [-0.4, -0.2) is 106 Å². The first-order chi connectivity index (χ1) is 21.7. The molecule has 2 aliphatic heterocycles. The lowest BCUT2D eigenvalue weighted by Crippen LogP contribution is -2.34. The normalized spacial score (nSPS) is 18.0. The molecule has 1 saturated heterocycles. The van der Waals surface area contributed by atoms with Crippen molar-refractivity contribution in [3.63, 3.8) is 0 Å². The summed E-state index contributed by atoms with van der Waals surface area (Å²) in [6.07, 6.45) is 1.85. The summed E-state index contributed by atoms with van der Waals surface area (Å²) >= 11 is 0. The maximum absolute atomic E-state index is 12.4. The fourth-order valence-electron chi connectivity index (χ4n) is 5.27. The fraction of sp³-hybridized carbons (Fsp3) is 0.375. The van der Waals surface area contributed by atoms with Crippen molar-refractivity contribution in [2.75, 3.05) is 84.1 Å². The molecule has 0 radical (unpaired) electrons. The maximum Gasteiger partial charge on any atom is 0.258 e. The molecule has 12 heteroatoms. The molecular weight excluding hydrogens is 566 g/mol. The van der Waals surface area contributed by atoms with Crippen LogP contribution in [0.5, 0.6) is 0 Å². The third-order valence-corrected chi connectivity index (χ3v) is 7.50. The summed E-state index contributed by atoms with van der Waals surface area (Å²) in [5.41, 5.74) is 4.31. The molecule has 3 aromatic carbocycles. The van der Waals surface area contributed by atoms with Gasteiger partial charge in [-0.05, 0) is 30.3 Å². The van der Waals surface area contributed by atoms with Crippen LogP contribution in [0.25, 0.3) is 27.7 Å². The lowest BCUT2D eigenvalue weighted by Gasteiger charge is -2.25. The van der Waals surface area contributed by atoms with E-state index in [2.05, 4.69) is 32.7 Å². The minimum absolute atomic E-state index is 0.402. The number of amides is 2. The minimum Gasteiger partial charge on any atom is -0.377 e. The van der Waals surface area contributed by atoms with Gasteiger partial charge in [-0.3, -0.25) is 14.9 Å². The van der Waals surface area contributed by atoms with Crippen molar-refractivity contribution in [1.29, 1.82) is 0 Å². The van der Waals surface area contributed by atoms with Gasteiger partial charge < -0.3 is 28.6 Å². The number of nitrogens with one attached hydrogen (secondary N) is 1. The number of anilines is 1. The predicted octanol–water partition coefficient (Wildman–Crippen LogP) is 2.87. The Hall–Kier alpha value is -4.20. The van der Waals surface area contributed by atoms with E-state index in [1.54, 1.807) is 22.9 Å². The second kappa shape index (κ2) is 14.5. The van der Waals surface area contributed by atoms with Gasteiger partial charge in [0.15, 0.2) is 0 Å². The van der Waals surface area contributed by atoms with E-state index < -0.39 is 11.8 Å². The molecule has 0 bridgehead atoms. The van der Waals surface area contributed by atoms with Crippen LogP contribution in [0.1, 0.15) is 20.7 Å². The molecule has 6 rings (SSSR count). The molecule has 0 atom stereocenters. The predicted molar refractivity (Wildman–Crippen MR) is 162 cm³/mol. The van der Waals surface area contributed by atoms with Crippen molar-refractivity contribution in [2.45, 2.75) is 0 Å². The van der Waals surface area contributed by atoms with E-state index in [1.807, 2.05) is 30.5 Å². The Kier molecular flexibility index (Phi) is 9.85. The maximum atomic E-state index is 12.4. The molecule has 12 nitrogen and oxygen atoms in total. The molecule has 1 aromatic heterocycles. The zero-order chi connectivity index (χ0) is 30.1. The Labute approximate surface area is 254 Å². The van der Waals surface area contributed by atoms with Crippen LogP contribution in [0.4, 0.5) is 5.69 Å². The second-order valence-corrected chi connectivity index (χ2v) is 10.3. The molecule has 2 aliphatic rings. The highest BCUT2D eigenvalue weighted by atomic mass is 16.6. The highest BCUT2D eigenvalue weighted by Gasteiger charge is 2.26. The van der Waals surface area contributed by atoms with E-state index >= 15 is 0 Å². The van der Waals surface area contributed by atoms with Crippen molar-refractivity contribution >= 4 is 28.3 Å². The van der Waals surface area contributed by atoms with Crippen molar-refractivity contribution in [3.8, 4) is 16.9 Å². The van der Waals surface area contributed by atoms with E-state index in [0.29, 0.717) is 101 Å². The summed E-state index contributed by atoms with van der Waals surface area (Å²) in [5.74, 6) is -0.803. The number of rotatable bonds is 3. The Morgan fingerprint density at radius 2 is 1.20 bits per heavy atom. The number of benzene rings is 3. The van der Waals surface area contributed by atoms with Gasteiger partial charge in [-0.25, -0.2) is 4.68 Å². The lowest BCUT2D eigenvalue weighted by molar-refractivity contribution is -0.0116. The molecule has 3 heterocycles. The number of carbonyl (C=O) groups excluding carboxylic acids is 2. The third-order valence-electron chi connectivity index (χ3n) is 7.50. The quantitative estimate of drug-likeness (QED) is 0.351. The number of hydrogen-bond acceptors (Lipinski definition) is 10. The second-order valence-electron chi connectivity index (χ2n) is 10.3. The molecular formula is C32H35N5O7. The number of ether oxygens (including phenoxy) is 5. The van der Waals surface area contributed by atoms with Gasteiger partial charge in [-0.1, -0.05) is 29.5 Å². The Bertz CT molecular complexity index is 1550. The highest BCUT2D eigenvalue weighted by molar-refractivity contribution is 6.26. The number of hydrogen-bond donors (Lipinski definition) is 1. The van der Waals surface area contributed by atoms with Crippen LogP contribution in [0, 0.1) is 0 Å². The van der Waals surface area contributed by atoms with Gasteiger partial charge in [0.25, 0.3) is 11.8 Å². The minimum atomic E-state index is -0.402. The van der Waals surface area contributed by atoms with Crippen LogP contribution in [0.15, 0.2) is 60.8 Å². The van der Waals surface area contributed by atoms with E-state index in [4.69, 9.17) is 23.7 Å². The molecule has 1 fully saturated rings. The van der Waals surface area contributed by atoms with Gasteiger partial charge >= 0.3 is 0 Å².